The molecular formula is C23H26N2O4. The quantitative estimate of drug-likeness (QED) is 0.429. The Labute approximate surface area is 170 Å². The number of carbonyl (C=O) groups is 3. The number of hydrogen-bond donors (Lipinski definition) is 2. The summed E-state index contributed by atoms with van der Waals surface area (Å²) < 4.78 is 0. The lowest BCUT2D eigenvalue weighted by Gasteiger charge is -2.34. The first-order chi connectivity index (χ1) is 14.1. The van der Waals surface area contributed by atoms with E-state index in [1.807, 2.05) is 18.2 Å². The van der Waals surface area contributed by atoms with E-state index in [1.54, 1.807) is 0 Å². The van der Waals surface area contributed by atoms with Crippen LogP contribution in [-0.4, -0.2) is 46.7 Å². The summed E-state index contributed by atoms with van der Waals surface area (Å²) in [5.41, 5.74) is 1.43. The Morgan fingerprint density at radius 2 is 1.72 bits per heavy atom. The predicted molar refractivity (Wildman–Crippen MR) is 110 cm³/mol. The zero-order valence-electron chi connectivity index (χ0n) is 16.3. The van der Waals surface area contributed by atoms with Crippen LogP contribution in [0.3, 0.4) is 0 Å². The molecule has 0 aromatic heterocycles. The van der Waals surface area contributed by atoms with Crippen molar-refractivity contribution in [3.8, 4) is 5.75 Å². The first-order valence-electron chi connectivity index (χ1n) is 10.0. The zero-order valence-corrected chi connectivity index (χ0v) is 16.3. The standard InChI is InChI=1S/C23H26N2O4/c26-19-13-11-18(12-14-19)21(27)23(29)25-16-5-4-10-20(25)22(28)24-15-6-9-17-7-2-1-3-8-17/h1-3,7-8,11-14,20,26H,4-6,9-10,15-16H2,(H,24,28)/t20-/m0/s1. The average Bonchev–Trinajstić information content (AvgIpc) is 2.77. The predicted octanol–water partition coefficient (Wildman–Crippen LogP) is 2.71. The summed E-state index contributed by atoms with van der Waals surface area (Å²) in [5, 5.41) is 12.3. The number of phenolic OH excluding ortho intramolecular Hbond substituents is 1. The molecule has 0 saturated carbocycles. The van der Waals surface area contributed by atoms with Gasteiger partial charge in [0.25, 0.3) is 5.91 Å². The number of aryl methyl sites for hydroxylation is 1. The Hall–Kier alpha value is -3.15. The number of amides is 2. The molecule has 0 radical (unpaired) electrons. The van der Waals surface area contributed by atoms with E-state index >= 15 is 0 Å². The lowest BCUT2D eigenvalue weighted by molar-refractivity contribution is -0.138. The van der Waals surface area contributed by atoms with E-state index in [9.17, 15) is 19.5 Å². The number of carbonyl (C=O) groups excluding carboxylic acids is 3. The summed E-state index contributed by atoms with van der Waals surface area (Å²) in [4.78, 5) is 39.4. The lowest BCUT2D eigenvalue weighted by Crippen LogP contribution is -2.53. The van der Waals surface area contributed by atoms with Crippen molar-refractivity contribution in [3.63, 3.8) is 0 Å². The number of aromatic hydroxyl groups is 1. The molecule has 0 bridgehead atoms. The number of nitrogens with zero attached hydrogens (tertiary/aromatic N) is 1. The van der Waals surface area contributed by atoms with Crippen LogP contribution in [0.15, 0.2) is 54.6 Å². The van der Waals surface area contributed by atoms with Gasteiger partial charge in [-0.3, -0.25) is 14.4 Å². The number of rotatable bonds is 7. The summed E-state index contributed by atoms with van der Waals surface area (Å²) in [6.07, 6.45) is 3.85. The maximum absolute atomic E-state index is 12.7. The summed E-state index contributed by atoms with van der Waals surface area (Å²) in [7, 11) is 0. The molecule has 6 heteroatoms. The van der Waals surface area contributed by atoms with Crippen molar-refractivity contribution in [3.05, 3.63) is 65.7 Å². The van der Waals surface area contributed by atoms with E-state index in [2.05, 4.69) is 17.4 Å². The zero-order chi connectivity index (χ0) is 20.6. The Morgan fingerprint density at radius 1 is 1.00 bits per heavy atom. The second-order valence-corrected chi connectivity index (χ2v) is 7.27. The van der Waals surface area contributed by atoms with Gasteiger partial charge >= 0.3 is 0 Å². The molecule has 2 amide bonds. The number of ketones is 1. The van der Waals surface area contributed by atoms with Gasteiger partial charge in [-0.15, -0.1) is 0 Å². The SMILES string of the molecule is O=C(C(=O)N1CCCC[C@H]1C(=O)NCCCc1ccccc1)c1ccc(O)cc1. The van der Waals surface area contributed by atoms with Crippen LogP contribution in [0.1, 0.15) is 41.6 Å². The minimum Gasteiger partial charge on any atom is -0.508 e. The van der Waals surface area contributed by atoms with E-state index in [0.29, 0.717) is 19.5 Å². The van der Waals surface area contributed by atoms with Crippen molar-refractivity contribution in [1.82, 2.24) is 10.2 Å². The van der Waals surface area contributed by atoms with Crippen molar-refractivity contribution in [2.24, 2.45) is 0 Å². The van der Waals surface area contributed by atoms with Crippen molar-refractivity contribution < 1.29 is 19.5 Å². The van der Waals surface area contributed by atoms with Gasteiger partial charge < -0.3 is 15.3 Å². The van der Waals surface area contributed by atoms with Crippen LogP contribution in [0.5, 0.6) is 5.75 Å². The number of nitrogens with one attached hydrogen (secondary N) is 1. The highest BCUT2D eigenvalue weighted by Crippen LogP contribution is 2.19. The molecule has 152 valence electrons. The molecule has 1 heterocycles. The molecule has 1 aliphatic heterocycles. The van der Waals surface area contributed by atoms with Gasteiger partial charge in [-0.1, -0.05) is 30.3 Å². The second-order valence-electron chi connectivity index (χ2n) is 7.27. The highest BCUT2D eigenvalue weighted by atomic mass is 16.3. The van der Waals surface area contributed by atoms with Gasteiger partial charge in [0.2, 0.25) is 11.7 Å². The maximum Gasteiger partial charge on any atom is 0.295 e. The molecule has 1 atom stereocenters. The van der Waals surface area contributed by atoms with Gasteiger partial charge in [-0.25, -0.2) is 0 Å². The molecule has 2 aromatic rings. The Kier molecular flexibility index (Phi) is 7.00. The number of hydrogen-bond acceptors (Lipinski definition) is 4. The fourth-order valence-corrected chi connectivity index (χ4v) is 3.58. The van der Waals surface area contributed by atoms with E-state index < -0.39 is 17.7 Å². The van der Waals surface area contributed by atoms with Crippen molar-refractivity contribution in [1.29, 1.82) is 0 Å². The lowest BCUT2D eigenvalue weighted by atomic mass is 9.99. The van der Waals surface area contributed by atoms with Crippen molar-refractivity contribution >= 4 is 17.6 Å². The highest BCUT2D eigenvalue weighted by Gasteiger charge is 2.35. The normalized spacial score (nSPS) is 16.3. The average molecular weight is 394 g/mol. The van der Waals surface area contributed by atoms with Gasteiger partial charge in [-0.05, 0) is 61.9 Å². The minimum absolute atomic E-state index is 0.0275. The summed E-state index contributed by atoms with van der Waals surface area (Å²) in [6, 6.07) is 15.0. The minimum atomic E-state index is -0.667. The molecule has 6 nitrogen and oxygen atoms in total. The number of piperidine rings is 1. The van der Waals surface area contributed by atoms with Crippen LogP contribution in [0.2, 0.25) is 0 Å². The molecule has 2 N–H and O–H groups in total. The molecule has 2 aromatic carbocycles. The fourth-order valence-electron chi connectivity index (χ4n) is 3.58. The Morgan fingerprint density at radius 3 is 2.45 bits per heavy atom. The first kappa shape index (κ1) is 20.6. The maximum atomic E-state index is 12.7. The van der Waals surface area contributed by atoms with Crippen LogP contribution in [0, 0.1) is 0 Å². The van der Waals surface area contributed by atoms with Gasteiger partial charge in [0.05, 0.1) is 0 Å². The number of phenols is 1. The third kappa shape index (κ3) is 5.44. The summed E-state index contributed by atoms with van der Waals surface area (Å²) in [5.74, 6) is -1.50. The van der Waals surface area contributed by atoms with E-state index in [4.69, 9.17) is 0 Å². The summed E-state index contributed by atoms with van der Waals surface area (Å²) in [6.45, 7) is 0.920. The molecule has 1 fully saturated rings. The van der Waals surface area contributed by atoms with E-state index in [0.717, 1.165) is 25.7 Å². The molecule has 0 aliphatic carbocycles. The molecule has 1 aliphatic rings. The smallest absolute Gasteiger partial charge is 0.295 e. The Balaban J connectivity index is 1.56. The largest absolute Gasteiger partial charge is 0.508 e. The van der Waals surface area contributed by atoms with Gasteiger partial charge in [0.1, 0.15) is 11.8 Å². The van der Waals surface area contributed by atoms with Crippen LogP contribution in [-0.2, 0) is 16.0 Å². The first-order valence-corrected chi connectivity index (χ1v) is 10.0. The van der Waals surface area contributed by atoms with Gasteiger partial charge in [-0.2, -0.15) is 0 Å². The molecule has 29 heavy (non-hydrogen) atoms. The number of likely N-dealkylation sites (tertiary alicyclic amines) is 1. The van der Waals surface area contributed by atoms with E-state index in [1.165, 1.54) is 34.7 Å². The third-order valence-corrected chi connectivity index (χ3v) is 5.17. The van der Waals surface area contributed by atoms with Gasteiger partial charge in [0, 0.05) is 18.7 Å². The number of benzene rings is 2. The molecule has 1 saturated heterocycles. The van der Waals surface area contributed by atoms with Crippen molar-refractivity contribution in [2.45, 2.75) is 38.1 Å². The van der Waals surface area contributed by atoms with Crippen LogP contribution < -0.4 is 5.32 Å². The molecule has 0 spiro atoms. The Bertz CT molecular complexity index is 849. The fraction of sp³-hybridized carbons (Fsp3) is 0.348. The number of Topliss-reactive ketones (excluding diaryl/α,β-unsaturated/α-hetero) is 1. The van der Waals surface area contributed by atoms with E-state index in [-0.39, 0.29) is 17.2 Å². The summed E-state index contributed by atoms with van der Waals surface area (Å²) >= 11 is 0. The third-order valence-electron chi connectivity index (χ3n) is 5.17. The molecular weight excluding hydrogens is 368 g/mol. The highest BCUT2D eigenvalue weighted by molar-refractivity contribution is 6.43. The molecule has 3 rings (SSSR count). The van der Waals surface area contributed by atoms with Crippen LogP contribution in [0.4, 0.5) is 0 Å². The topological polar surface area (TPSA) is 86.7 Å². The second kappa shape index (κ2) is 9.87. The van der Waals surface area contributed by atoms with Gasteiger partial charge in [0.15, 0.2) is 0 Å². The van der Waals surface area contributed by atoms with Crippen LogP contribution >= 0.6 is 0 Å². The monoisotopic (exact) mass is 394 g/mol. The molecule has 0 unspecified atom stereocenters. The van der Waals surface area contributed by atoms with Crippen molar-refractivity contribution in [2.75, 3.05) is 13.1 Å². The van der Waals surface area contributed by atoms with Crippen LogP contribution in [0.25, 0.3) is 0 Å².